The zero-order chi connectivity index (χ0) is 10.1. The fourth-order valence-electron chi connectivity index (χ4n) is 1.44. The van der Waals surface area contributed by atoms with Crippen LogP contribution in [0, 0.1) is 0 Å². The molecule has 0 fully saturated rings. The van der Waals surface area contributed by atoms with Gasteiger partial charge in [0, 0.05) is 6.42 Å². The number of hydrogen-bond donors (Lipinski definition) is 0. The molecule has 13 heavy (non-hydrogen) atoms. The molecule has 0 aromatic heterocycles. The second kappa shape index (κ2) is 8.03. The summed E-state index contributed by atoms with van der Waals surface area (Å²) in [6.07, 6.45) is 8.31. The summed E-state index contributed by atoms with van der Waals surface area (Å²) >= 11 is 0. The van der Waals surface area contributed by atoms with Crippen LogP contribution < -0.4 is 0 Å². The van der Waals surface area contributed by atoms with Crippen molar-refractivity contribution >= 4 is 5.78 Å². The van der Waals surface area contributed by atoms with E-state index in [-0.39, 0.29) is 0 Å². The minimum atomic E-state index is 0.348. The third-order valence-electron chi connectivity index (χ3n) is 2.34. The Balaban J connectivity index is 3.61. The van der Waals surface area contributed by atoms with E-state index in [1.807, 2.05) is 19.9 Å². The van der Waals surface area contributed by atoms with E-state index in [0.29, 0.717) is 5.78 Å². The average Bonchev–Trinajstić information content (AvgIpc) is 2.14. The smallest absolute Gasteiger partial charge is 0.158 e. The lowest BCUT2D eigenvalue weighted by atomic mass is 10.0. The summed E-state index contributed by atoms with van der Waals surface area (Å²) in [7, 11) is 0. The molecule has 1 nitrogen and oxygen atoms in total. The van der Waals surface area contributed by atoms with Gasteiger partial charge in [-0.15, -0.1) is 0 Å². The van der Waals surface area contributed by atoms with Crippen LogP contribution in [0.5, 0.6) is 0 Å². The molecule has 0 spiro atoms. The Morgan fingerprint density at radius 1 is 1.15 bits per heavy atom. The fourth-order valence-corrected chi connectivity index (χ4v) is 1.44. The number of hydrogen-bond acceptors (Lipinski definition) is 1. The highest BCUT2D eigenvalue weighted by Crippen LogP contribution is 2.09. The highest BCUT2D eigenvalue weighted by Gasteiger charge is 2.04. The summed E-state index contributed by atoms with van der Waals surface area (Å²) in [6.45, 7) is 6.17. The Morgan fingerprint density at radius 3 is 2.31 bits per heavy atom. The Morgan fingerprint density at radius 2 is 1.85 bits per heavy atom. The van der Waals surface area contributed by atoms with Gasteiger partial charge in [0.1, 0.15) is 0 Å². The summed E-state index contributed by atoms with van der Waals surface area (Å²) in [5.74, 6) is 0.348. The Bertz CT molecular complexity index is 168. The monoisotopic (exact) mass is 182 g/mol. The summed E-state index contributed by atoms with van der Waals surface area (Å²) in [4.78, 5) is 11.5. The summed E-state index contributed by atoms with van der Waals surface area (Å²) in [6, 6.07) is 0. The van der Waals surface area contributed by atoms with Crippen LogP contribution in [0.3, 0.4) is 0 Å². The third kappa shape index (κ3) is 5.62. The first-order chi connectivity index (χ1) is 6.26. The predicted octanol–water partition coefficient (Wildman–Crippen LogP) is 3.88. The lowest BCUT2D eigenvalue weighted by Crippen LogP contribution is -2.01. The molecule has 0 saturated carbocycles. The van der Waals surface area contributed by atoms with Gasteiger partial charge in [0.25, 0.3) is 0 Å². The van der Waals surface area contributed by atoms with E-state index in [4.69, 9.17) is 0 Å². The number of Topliss-reactive ketones (excluding diaryl/α,β-unsaturated/α-hetero) is 1. The predicted molar refractivity (Wildman–Crippen MR) is 57.8 cm³/mol. The van der Waals surface area contributed by atoms with Crippen LogP contribution in [-0.2, 0) is 4.79 Å². The van der Waals surface area contributed by atoms with Gasteiger partial charge in [-0.3, -0.25) is 4.79 Å². The van der Waals surface area contributed by atoms with Crippen molar-refractivity contribution in [1.82, 2.24) is 0 Å². The standard InChI is InChI=1S/C12H22O/c1-4-7-8-9-10-12(13)11(5-2)6-3/h5H,4,6-10H2,1-3H3. The zero-order valence-corrected chi connectivity index (χ0v) is 9.23. The van der Waals surface area contributed by atoms with Crippen molar-refractivity contribution < 1.29 is 4.79 Å². The number of rotatable bonds is 7. The molecular weight excluding hydrogens is 160 g/mol. The Kier molecular flexibility index (Phi) is 7.66. The number of allylic oxidation sites excluding steroid dienone is 2. The molecule has 0 aliphatic heterocycles. The second-order valence-electron chi connectivity index (χ2n) is 3.40. The molecule has 0 amide bonds. The van der Waals surface area contributed by atoms with Gasteiger partial charge in [-0.2, -0.15) is 0 Å². The van der Waals surface area contributed by atoms with E-state index >= 15 is 0 Å². The van der Waals surface area contributed by atoms with Crippen molar-refractivity contribution in [3.63, 3.8) is 0 Å². The molecule has 0 atom stereocenters. The molecular formula is C12H22O. The van der Waals surface area contributed by atoms with Crippen LogP contribution in [0.1, 0.15) is 59.3 Å². The lowest BCUT2D eigenvalue weighted by Gasteiger charge is -2.02. The molecule has 0 radical (unpaired) electrons. The first-order valence-corrected chi connectivity index (χ1v) is 5.44. The van der Waals surface area contributed by atoms with Crippen LogP contribution >= 0.6 is 0 Å². The molecule has 76 valence electrons. The fraction of sp³-hybridized carbons (Fsp3) is 0.750. The number of ketones is 1. The third-order valence-corrected chi connectivity index (χ3v) is 2.34. The summed E-state index contributed by atoms with van der Waals surface area (Å²) in [5, 5.41) is 0. The SMILES string of the molecule is CC=C(CC)C(=O)CCCCCC. The maximum atomic E-state index is 11.5. The number of unbranched alkanes of at least 4 members (excludes halogenated alkanes) is 3. The van der Waals surface area contributed by atoms with Crippen molar-refractivity contribution in [3.8, 4) is 0 Å². The number of carbonyl (C=O) groups excluding carboxylic acids is 1. The molecule has 0 aromatic carbocycles. The maximum Gasteiger partial charge on any atom is 0.158 e. The molecule has 0 saturated heterocycles. The molecule has 1 heteroatoms. The van der Waals surface area contributed by atoms with Crippen LogP contribution in [0.15, 0.2) is 11.6 Å². The van der Waals surface area contributed by atoms with Crippen molar-refractivity contribution in [3.05, 3.63) is 11.6 Å². The van der Waals surface area contributed by atoms with E-state index in [1.165, 1.54) is 19.3 Å². The topological polar surface area (TPSA) is 17.1 Å². The molecule has 0 aliphatic rings. The van der Waals surface area contributed by atoms with E-state index in [9.17, 15) is 4.79 Å². The largest absolute Gasteiger partial charge is 0.295 e. The minimum absolute atomic E-state index is 0.348. The van der Waals surface area contributed by atoms with Gasteiger partial charge in [0.2, 0.25) is 0 Å². The van der Waals surface area contributed by atoms with Crippen LogP contribution in [0.4, 0.5) is 0 Å². The lowest BCUT2D eigenvalue weighted by molar-refractivity contribution is -0.115. The van der Waals surface area contributed by atoms with Gasteiger partial charge < -0.3 is 0 Å². The molecule has 0 rings (SSSR count). The molecule has 0 aliphatic carbocycles. The normalized spacial score (nSPS) is 11.8. The van der Waals surface area contributed by atoms with Crippen LogP contribution in [0.25, 0.3) is 0 Å². The van der Waals surface area contributed by atoms with Crippen molar-refractivity contribution in [2.24, 2.45) is 0 Å². The Labute approximate surface area is 82.2 Å². The van der Waals surface area contributed by atoms with Crippen LogP contribution in [-0.4, -0.2) is 5.78 Å². The Hall–Kier alpha value is -0.590. The minimum Gasteiger partial charge on any atom is -0.295 e. The van der Waals surface area contributed by atoms with Gasteiger partial charge in [-0.05, 0) is 25.3 Å². The van der Waals surface area contributed by atoms with Gasteiger partial charge in [-0.1, -0.05) is 39.2 Å². The molecule has 0 bridgehead atoms. The first kappa shape index (κ1) is 12.4. The van der Waals surface area contributed by atoms with Crippen molar-refractivity contribution in [2.45, 2.75) is 59.3 Å². The van der Waals surface area contributed by atoms with Gasteiger partial charge >= 0.3 is 0 Å². The quantitative estimate of drug-likeness (QED) is 0.431. The maximum absolute atomic E-state index is 11.5. The van der Waals surface area contributed by atoms with Crippen molar-refractivity contribution in [2.75, 3.05) is 0 Å². The first-order valence-electron chi connectivity index (χ1n) is 5.44. The summed E-state index contributed by atoms with van der Waals surface area (Å²) < 4.78 is 0. The van der Waals surface area contributed by atoms with Gasteiger partial charge in [0.15, 0.2) is 5.78 Å². The second-order valence-corrected chi connectivity index (χ2v) is 3.40. The van der Waals surface area contributed by atoms with Gasteiger partial charge in [0.05, 0.1) is 0 Å². The van der Waals surface area contributed by atoms with Gasteiger partial charge in [-0.25, -0.2) is 0 Å². The van der Waals surface area contributed by atoms with Crippen molar-refractivity contribution in [1.29, 1.82) is 0 Å². The average molecular weight is 182 g/mol. The van der Waals surface area contributed by atoms with E-state index in [2.05, 4.69) is 6.92 Å². The highest BCUT2D eigenvalue weighted by atomic mass is 16.1. The summed E-state index contributed by atoms with van der Waals surface area (Å²) in [5.41, 5.74) is 0.997. The zero-order valence-electron chi connectivity index (χ0n) is 9.23. The molecule has 0 heterocycles. The van der Waals surface area contributed by atoms with Crippen LogP contribution in [0.2, 0.25) is 0 Å². The van der Waals surface area contributed by atoms with E-state index in [0.717, 1.165) is 24.8 Å². The van der Waals surface area contributed by atoms with E-state index in [1.54, 1.807) is 0 Å². The number of carbonyl (C=O) groups is 1. The molecule has 0 unspecified atom stereocenters. The van der Waals surface area contributed by atoms with E-state index < -0.39 is 0 Å². The molecule has 0 aromatic rings. The molecule has 0 N–H and O–H groups in total. The highest BCUT2D eigenvalue weighted by molar-refractivity contribution is 5.95.